The molecular weight excluding hydrogens is 258 g/mol. The van der Waals surface area contributed by atoms with Crippen molar-refractivity contribution >= 4 is 0 Å². The molecule has 2 heterocycles. The zero-order valence-corrected chi connectivity index (χ0v) is 11.0. The number of hydrogen-bond acceptors (Lipinski definition) is 5. The van der Waals surface area contributed by atoms with E-state index in [2.05, 4.69) is 4.98 Å². The van der Waals surface area contributed by atoms with Gasteiger partial charge in [-0.3, -0.25) is 4.98 Å². The van der Waals surface area contributed by atoms with Crippen LogP contribution in [0.3, 0.4) is 0 Å². The molecule has 0 bridgehead atoms. The Labute approximate surface area is 116 Å². The van der Waals surface area contributed by atoms with Crippen molar-refractivity contribution in [3.8, 4) is 17.2 Å². The topological polar surface area (TPSA) is 71.8 Å². The van der Waals surface area contributed by atoms with Gasteiger partial charge in [0.1, 0.15) is 30.0 Å². The average molecular weight is 273 g/mol. The van der Waals surface area contributed by atoms with Crippen molar-refractivity contribution in [1.29, 1.82) is 0 Å². The number of aromatic hydroxyl groups is 1. The van der Waals surface area contributed by atoms with Crippen LogP contribution in [-0.2, 0) is 0 Å². The summed E-state index contributed by atoms with van der Waals surface area (Å²) >= 11 is 0. The lowest BCUT2D eigenvalue weighted by Gasteiger charge is -2.30. The van der Waals surface area contributed by atoms with Crippen LogP contribution < -0.4 is 9.47 Å². The molecule has 0 saturated carbocycles. The quantitative estimate of drug-likeness (QED) is 0.875. The van der Waals surface area contributed by atoms with Gasteiger partial charge in [-0.1, -0.05) is 0 Å². The average Bonchev–Trinajstić information content (AvgIpc) is 2.45. The normalized spacial score (nSPS) is 20.9. The number of phenolic OH excluding ortho intramolecular Hbond substituents is 1. The molecule has 5 heteroatoms. The highest BCUT2D eigenvalue weighted by atomic mass is 16.5. The van der Waals surface area contributed by atoms with Crippen LogP contribution in [-0.4, -0.2) is 27.9 Å². The lowest BCUT2D eigenvalue weighted by Crippen LogP contribution is -2.35. The highest BCUT2D eigenvalue weighted by Crippen LogP contribution is 2.35. The van der Waals surface area contributed by atoms with Crippen LogP contribution in [0.5, 0.6) is 17.2 Å². The first-order valence-electron chi connectivity index (χ1n) is 6.36. The van der Waals surface area contributed by atoms with Crippen molar-refractivity contribution in [3.63, 3.8) is 0 Å². The molecule has 1 aliphatic heterocycles. The Hall–Kier alpha value is -2.27. The molecule has 2 atom stereocenters. The standard InChI is InChI=1S/C15H15NO4/c1-9-2-4-11(7-16-9)20-14-8-19-13-5-3-10(17)6-12(13)15(14)18/h2-7,14-15,17-18H,8H2,1H3/t14-,15+/m0/s1. The minimum absolute atomic E-state index is 0.0871. The Bertz CT molecular complexity index is 612. The fourth-order valence-electron chi connectivity index (χ4n) is 2.16. The maximum atomic E-state index is 10.3. The SMILES string of the molecule is Cc1ccc(O[C@H]2COc3ccc(O)cc3[C@H]2O)cn1. The Balaban J connectivity index is 1.81. The van der Waals surface area contributed by atoms with E-state index in [1.54, 1.807) is 18.3 Å². The summed E-state index contributed by atoms with van der Waals surface area (Å²) in [7, 11) is 0. The number of hydrogen-bond donors (Lipinski definition) is 2. The minimum atomic E-state index is -0.854. The fourth-order valence-corrected chi connectivity index (χ4v) is 2.16. The lowest BCUT2D eigenvalue weighted by molar-refractivity contribution is -0.0106. The summed E-state index contributed by atoms with van der Waals surface area (Å²) < 4.78 is 11.2. The number of pyridine rings is 1. The van der Waals surface area contributed by atoms with E-state index in [1.165, 1.54) is 12.1 Å². The van der Waals surface area contributed by atoms with E-state index < -0.39 is 12.2 Å². The first-order valence-corrected chi connectivity index (χ1v) is 6.36. The second-order valence-corrected chi connectivity index (χ2v) is 4.77. The van der Waals surface area contributed by atoms with E-state index in [4.69, 9.17) is 9.47 Å². The van der Waals surface area contributed by atoms with E-state index >= 15 is 0 Å². The third-order valence-electron chi connectivity index (χ3n) is 3.24. The summed E-state index contributed by atoms with van der Waals surface area (Å²) in [5.41, 5.74) is 1.43. The van der Waals surface area contributed by atoms with Crippen LogP contribution in [0.2, 0.25) is 0 Å². The molecular formula is C15H15NO4. The molecule has 1 aliphatic rings. The third kappa shape index (κ3) is 2.40. The zero-order valence-electron chi connectivity index (χ0n) is 11.0. The number of benzene rings is 1. The van der Waals surface area contributed by atoms with Gasteiger partial charge in [0.2, 0.25) is 0 Å². The monoisotopic (exact) mass is 273 g/mol. The fraction of sp³-hybridized carbons (Fsp3) is 0.267. The number of ether oxygens (including phenoxy) is 2. The van der Waals surface area contributed by atoms with Gasteiger partial charge in [-0.25, -0.2) is 0 Å². The van der Waals surface area contributed by atoms with E-state index in [-0.39, 0.29) is 12.4 Å². The van der Waals surface area contributed by atoms with Crippen LogP contribution >= 0.6 is 0 Å². The number of aryl methyl sites for hydroxylation is 1. The highest BCUT2D eigenvalue weighted by Gasteiger charge is 2.31. The van der Waals surface area contributed by atoms with Gasteiger partial charge < -0.3 is 19.7 Å². The molecule has 1 aromatic heterocycles. The van der Waals surface area contributed by atoms with Crippen molar-refractivity contribution < 1.29 is 19.7 Å². The Kier molecular flexibility index (Phi) is 3.20. The van der Waals surface area contributed by atoms with Crippen LogP contribution in [0, 0.1) is 6.92 Å². The van der Waals surface area contributed by atoms with Crippen molar-refractivity contribution in [3.05, 3.63) is 47.8 Å². The highest BCUT2D eigenvalue weighted by molar-refractivity contribution is 5.43. The second-order valence-electron chi connectivity index (χ2n) is 4.77. The maximum Gasteiger partial charge on any atom is 0.163 e. The van der Waals surface area contributed by atoms with Crippen molar-refractivity contribution in [2.75, 3.05) is 6.61 Å². The molecule has 20 heavy (non-hydrogen) atoms. The van der Waals surface area contributed by atoms with Gasteiger partial charge in [0, 0.05) is 11.3 Å². The van der Waals surface area contributed by atoms with E-state index in [9.17, 15) is 10.2 Å². The van der Waals surface area contributed by atoms with Gasteiger partial charge in [-0.2, -0.15) is 0 Å². The number of phenols is 1. The van der Waals surface area contributed by atoms with Crippen molar-refractivity contribution in [2.24, 2.45) is 0 Å². The van der Waals surface area contributed by atoms with Crippen LogP contribution in [0.25, 0.3) is 0 Å². The molecule has 0 amide bonds. The molecule has 3 rings (SSSR count). The van der Waals surface area contributed by atoms with Gasteiger partial charge in [-0.15, -0.1) is 0 Å². The number of fused-ring (bicyclic) bond motifs is 1. The molecule has 0 aliphatic carbocycles. The number of aromatic nitrogens is 1. The molecule has 1 aromatic carbocycles. The summed E-state index contributed by atoms with van der Waals surface area (Å²) in [5.74, 6) is 1.23. The molecule has 5 nitrogen and oxygen atoms in total. The zero-order chi connectivity index (χ0) is 14.1. The van der Waals surface area contributed by atoms with Crippen molar-refractivity contribution in [1.82, 2.24) is 4.98 Å². The number of aliphatic hydroxyl groups excluding tert-OH is 1. The second kappa shape index (κ2) is 5.02. The van der Waals surface area contributed by atoms with Gasteiger partial charge in [-0.05, 0) is 37.3 Å². The Morgan fingerprint density at radius 3 is 2.90 bits per heavy atom. The summed E-state index contributed by atoms with van der Waals surface area (Å²) in [6.45, 7) is 2.13. The smallest absolute Gasteiger partial charge is 0.163 e. The molecule has 0 radical (unpaired) electrons. The molecule has 0 fully saturated rings. The van der Waals surface area contributed by atoms with Gasteiger partial charge >= 0.3 is 0 Å². The molecule has 0 spiro atoms. The van der Waals surface area contributed by atoms with Crippen molar-refractivity contribution in [2.45, 2.75) is 19.1 Å². The predicted molar refractivity (Wildman–Crippen MR) is 72.0 cm³/mol. The summed E-state index contributed by atoms with van der Waals surface area (Å²) in [6.07, 6.45) is 0.223. The number of aliphatic hydroxyl groups is 1. The summed E-state index contributed by atoms with van der Waals surface area (Å²) in [5, 5.41) is 19.8. The first kappa shape index (κ1) is 12.7. The molecule has 0 unspecified atom stereocenters. The molecule has 0 saturated heterocycles. The van der Waals surface area contributed by atoms with E-state index in [0.29, 0.717) is 17.1 Å². The van der Waals surface area contributed by atoms with Gasteiger partial charge in [0.15, 0.2) is 6.10 Å². The van der Waals surface area contributed by atoms with Gasteiger partial charge in [0.25, 0.3) is 0 Å². The van der Waals surface area contributed by atoms with E-state index in [0.717, 1.165) is 5.69 Å². The molecule has 104 valence electrons. The largest absolute Gasteiger partial charge is 0.508 e. The van der Waals surface area contributed by atoms with Crippen LogP contribution in [0.1, 0.15) is 17.4 Å². The maximum absolute atomic E-state index is 10.3. The molecule has 2 N–H and O–H groups in total. The summed E-state index contributed by atoms with van der Waals surface area (Å²) in [6, 6.07) is 8.29. The van der Waals surface area contributed by atoms with Crippen LogP contribution in [0.4, 0.5) is 0 Å². The number of nitrogens with zero attached hydrogens (tertiary/aromatic N) is 1. The Morgan fingerprint density at radius 2 is 2.15 bits per heavy atom. The predicted octanol–water partition coefficient (Wildman–Crippen LogP) is 1.97. The Morgan fingerprint density at radius 1 is 1.30 bits per heavy atom. The van der Waals surface area contributed by atoms with Gasteiger partial charge in [0.05, 0.1) is 6.20 Å². The third-order valence-corrected chi connectivity index (χ3v) is 3.24. The minimum Gasteiger partial charge on any atom is -0.508 e. The number of rotatable bonds is 2. The first-order chi connectivity index (χ1) is 9.63. The summed E-state index contributed by atoms with van der Waals surface area (Å²) in [4.78, 5) is 4.14. The lowest BCUT2D eigenvalue weighted by atomic mass is 10.0. The van der Waals surface area contributed by atoms with E-state index in [1.807, 2.05) is 13.0 Å². The van der Waals surface area contributed by atoms with Crippen LogP contribution in [0.15, 0.2) is 36.5 Å². The molecule has 2 aromatic rings.